The van der Waals surface area contributed by atoms with Crippen LogP contribution in [0.1, 0.15) is 24.2 Å². The van der Waals surface area contributed by atoms with E-state index in [0.717, 1.165) is 6.07 Å². The van der Waals surface area contributed by atoms with E-state index >= 15 is 0 Å². The lowest BCUT2D eigenvalue weighted by Crippen LogP contribution is -2.06. The van der Waals surface area contributed by atoms with Crippen molar-refractivity contribution in [1.29, 1.82) is 0 Å². The van der Waals surface area contributed by atoms with Gasteiger partial charge in [-0.3, -0.25) is 0 Å². The Kier molecular flexibility index (Phi) is 4.12. The van der Waals surface area contributed by atoms with E-state index < -0.39 is 23.5 Å². The Bertz CT molecular complexity index is 556. The van der Waals surface area contributed by atoms with Gasteiger partial charge >= 0.3 is 0 Å². The summed E-state index contributed by atoms with van der Waals surface area (Å²) in [5.41, 5.74) is 0.534. The standard InChI is InChI=1S/C15H14F2O2/c1-2-19-15-12(16)9-8-11(13(15)17)14(18)10-6-4-3-5-7-10/h3-9,14,18H,2H2,1H3. The Morgan fingerprint density at radius 2 is 1.79 bits per heavy atom. The van der Waals surface area contributed by atoms with E-state index in [-0.39, 0.29) is 12.2 Å². The third-order valence-corrected chi connectivity index (χ3v) is 2.78. The van der Waals surface area contributed by atoms with Crippen LogP contribution in [0, 0.1) is 11.6 Å². The van der Waals surface area contributed by atoms with Crippen LogP contribution in [0.5, 0.6) is 5.75 Å². The number of benzene rings is 2. The molecule has 0 amide bonds. The molecule has 0 radical (unpaired) electrons. The molecule has 0 aromatic heterocycles. The smallest absolute Gasteiger partial charge is 0.191 e. The largest absolute Gasteiger partial charge is 0.488 e. The lowest BCUT2D eigenvalue weighted by molar-refractivity contribution is 0.211. The van der Waals surface area contributed by atoms with E-state index in [0.29, 0.717) is 5.56 Å². The van der Waals surface area contributed by atoms with Gasteiger partial charge in [0.25, 0.3) is 0 Å². The summed E-state index contributed by atoms with van der Waals surface area (Å²) < 4.78 is 32.5. The van der Waals surface area contributed by atoms with Gasteiger partial charge in [-0.05, 0) is 24.6 Å². The number of hydrogen-bond acceptors (Lipinski definition) is 2. The Hall–Kier alpha value is -1.94. The molecule has 1 N–H and O–H groups in total. The lowest BCUT2D eigenvalue weighted by atomic mass is 10.0. The van der Waals surface area contributed by atoms with Gasteiger partial charge in [-0.15, -0.1) is 0 Å². The van der Waals surface area contributed by atoms with Crippen molar-refractivity contribution in [2.45, 2.75) is 13.0 Å². The van der Waals surface area contributed by atoms with Crippen molar-refractivity contribution in [1.82, 2.24) is 0 Å². The number of aliphatic hydroxyl groups excluding tert-OH is 1. The van der Waals surface area contributed by atoms with Gasteiger partial charge in [0.2, 0.25) is 0 Å². The normalized spacial score (nSPS) is 12.2. The molecule has 0 heterocycles. The third kappa shape index (κ3) is 2.74. The molecule has 0 aliphatic rings. The highest BCUT2D eigenvalue weighted by Gasteiger charge is 2.21. The minimum atomic E-state index is -1.15. The maximum absolute atomic E-state index is 14.1. The summed E-state index contributed by atoms with van der Waals surface area (Å²) in [6.07, 6.45) is -1.15. The van der Waals surface area contributed by atoms with Crippen molar-refractivity contribution in [2.24, 2.45) is 0 Å². The topological polar surface area (TPSA) is 29.5 Å². The van der Waals surface area contributed by atoms with Gasteiger partial charge in [-0.1, -0.05) is 30.3 Å². The van der Waals surface area contributed by atoms with Crippen LogP contribution in [-0.4, -0.2) is 11.7 Å². The van der Waals surface area contributed by atoms with Crippen molar-refractivity contribution >= 4 is 0 Å². The molecule has 2 nitrogen and oxygen atoms in total. The molecule has 2 aromatic rings. The second kappa shape index (κ2) is 5.80. The molecular formula is C15H14F2O2. The summed E-state index contributed by atoms with van der Waals surface area (Å²) in [6, 6.07) is 10.9. The molecule has 0 saturated carbocycles. The summed E-state index contributed by atoms with van der Waals surface area (Å²) in [7, 11) is 0. The minimum absolute atomic E-state index is 0.00366. The first-order chi connectivity index (χ1) is 9.15. The maximum Gasteiger partial charge on any atom is 0.191 e. The zero-order valence-electron chi connectivity index (χ0n) is 10.4. The molecule has 2 aromatic carbocycles. The van der Waals surface area contributed by atoms with Gasteiger partial charge < -0.3 is 9.84 Å². The van der Waals surface area contributed by atoms with Crippen LogP contribution in [0.3, 0.4) is 0 Å². The quantitative estimate of drug-likeness (QED) is 0.916. The maximum atomic E-state index is 14.1. The molecule has 1 atom stereocenters. The van der Waals surface area contributed by atoms with Crippen LogP contribution < -0.4 is 4.74 Å². The summed E-state index contributed by atoms with van der Waals surface area (Å²) in [5, 5.41) is 10.1. The first-order valence-corrected chi connectivity index (χ1v) is 5.98. The SMILES string of the molecule is CCOc1c(F)ccc(C(O)c2ccccc2)c1F. The van der Waals surface area contributed by atoms with Crippen LogP contribution in [0.2, 0.25) is 0 Å². The van der Waals surface area contributed by atoms with Crippen molar-refractivity contribution in [3.8, 4) is 5.75 Å². The minimum Gasteiger partial charge on any atom is -0.488 e. The summed E-state index contributed by atoms with van der Waals surface area (Å²) >= 11 is 0. The summed E-state index contributed by atoms with van der Waals surface area (Å²) in [6.45, 7) is 1.79. The van der Waals surface area contributed by atoms with Crippen molar-refractivity contribution in [3.63, 3.8) is 0 Å². The monoisotopic (exact) mass is 264 g/mol. The van der Waals surface area contributed by atoms with E-state index in [1.54, 1.807) is 37.3 Å². The number of rotatable bonds is 4. The molecule has 0 fully saturated rings. The van der Waals surface area contributed by atoms with E-state index in [2.05, 4.69) is 0 Å². The highest BCUT2D eigenvalue weighted by atomic mass is 19.1. The Labute approximate surface area is 110 Å². The number of halogens is 2. The fourth-order valence-electron chi connectivity index (χ4n) is 1.85. The first kappa shape index (κ1) is 13.5. The molecule has 0 spiro atoms. The second-order valence-corrected chi connectivity index (χ2v) is 4.03. The molecule has 0 bridgehead atoms. The fraction of sp³-hybridized carbons (Fsp3) is 0.200. The molecule has 1 unspecified atom stereocenters. The molecular weight excluding hydrogens is 250 g/mol. The second-order valence-electron chi connectivity index (χ2n) is 4.03. The molecule has 4 heteroatoms. The van der Waals surface area contributed by atoms with Crippen molar-refractivity contribution in [2.75, 3.05) is 6.61 Å². The first-order valence-electron chi connectivity index (χ1n) is 5.98. The van der Waals surface area contributed by atoms with Crippen LogP contribution in [0.15, 0.2) is 42.5 Å². The zero-order chi connectivity index (χ0) is 13.8. The average Bonchev–Trinajstić information content (AvgIpc) is 2.44. The van der Waals surface area contributed by atoms with E-state index in [4.69, 9.17) is 4.74 Å². The van der Waals surface area contributed by atoms with E-state index in [1.807, 2.05) is 0 Å². The summed E-state index contributed by atoms with van der Waals surface area (Å²) in [4.78, 5) is 0. The molecule has 0 saturated heterocycles. The number of aliphatic hydroxyl groups is 1. The molecule has 2 rings (SSSR count). The third-order valence-electron chi connectivity index (χ3n) is 2.78. The molecule has 100 valence electrons. The van der Waals surface area contributed by atoms with Gasteiger partial charge in [0, 0.05) is 5.56 Å². The van der Waals surface area contributed by atoms with Crippen molar-refractivity contribution < 1.29 is 18.6 Å². The number of hydrogen-bond donors (Lipinski definition) is 1. The number of ether oxygens (including phenoxy) is 1. The predicted molar refractivity (Wildman–Crippen MR) is 68.0 cm³/mol. The van der Waals surface area contributed by atoms with E-state index in [1.165, 1.54) is 6.07 Å². The van der Waals surface area contributed by atoms with Gasteiger partial charge in [-0.25, -0.2) is 8.78 Å². The van der Waals surface area contributed by atoms with Crippen LogP contribution in [-0.2, 0) is 0 Å². The highest BCUT2D eigenvalue weighted by molar-refractivity contribution is 5.38. The lowest BCUT2D eigenvalue weighted by Gasteiger charge is -2.15. The van der Waals surface area contributed by atoms with Gasteiger partial charge in [0.05, 0.1) is 6.61 Å². The van der Waals surface area contributed by atoms with Gasteiger partial charge in [0.1, 0.15) is 6.10 Å². The Morgan fingerprint density at radius 3 is 2.42 bits per heavy atom. The zero-order valence-corrected chi connectivity index (χ0v) is 10.4. The van der Waals surface area contributed by atoms with Crippen LogP contribution >= 0.6 is 0 Å². The average molecular weight is 264 g/mol. The summed E-state index contributed by atoms with van der Waals surface area (Å²) in [5.74, 6) is -2.09. The Balaban J connectivity index is 2.43. The fourth-order valence-corrected chi connectivity index (χ4v) is 1.85. The molecule has 19 heavy (non-hydrogen) atoms. The molecule has 0 aliphatic carbocycles. The van der Waals surface area contributed by atoms with Crippen LogP contribution in [0.25, 0.3) is 0 Å². The Morgan fingerprint density at radius 1 is 1.11 bits per heavy atom. The van der Waals surface area contributed by atoms with Gasteiger partial charge in [-0.2, -0.15) is 0 Å². The van der Waals surface area contributed by atoms with Gasteiger partial charge in [0.15, 0.2) is 17.4 Å². The predicted octanol–water partition coefficient (Wildman–Crippen LogP) is 3.45. The van der Waals surface area contributed by atoms with E-state index in [9.17, 15) is 13.9 Å². The highest BCUT2D eigenvalue weighted by Crippen LogP contribution is 2.31. The van der Waals surface area contributed by atoms with Crippen molar-refractivity contribution in [3.05, 3.63) is 65.2 Å². The molecule has 0 aliphatic heterocycles. The van der Waals surface area contributed by atoms with Crippen LogP contribution in [0.4, 0.5) is 8.78 Å².